The van der Waals surface area contributed by atoms with Crippen LogP contribution in [0.2, 0.25) is 0 Å². The zero-order valence-electron chi connectivity index (χ0n) is 5.00. The molecule has 1 heterocycles. The van der Waals surface area contributed by atoms with Crippen LogP contribution in [0.15, 0.2) is 12.3 Å². The molecule has 0 aromatic heterocycles. The lowest BCUT2D eigenvalue weighted by molar-refractivity contribution is 0.190. The number of hydrogen-bond donors (Lipinski definition) is 2. The van der Waals surface area contributed by atoms with E-state index in [1.807, 2.05) is 6.08 Å². The average molecular weight is 127 g/mol. The highest BCUT2D eigenvalue weighted by Crippen LogP contribution is 1.93. The van der Waals surface area contributed by atoms with Crippen LogP contribution < -0.4 is 11.2 Å². The summed E-state index contributed by atoms with van der Waals surface area (Å²) in [7, 11) is 0. The summed E-state index contributed by atoms with van der Waals surface area (Å²) < 4.78 is 0. The molecule has 4 heteroatoms. The second-order valence-corrected chi connectivity index (χ2v) is 1.81. The number of carbonyl (C=O) groups excluding carboxylic acids is 1. The molecule has 1 rings (SSSR count). The van der Waals surface area contributed by atoms with Gasteiger partial charge in [-0.05, 0) is 6.42 Å². The Kier molecular flexibility index (Phi) is 1.58. The number of nitrogens with one attached hydrogen (secondary N) is 1. The second-order valence-electron chi connectivity index (χ2n) is 1.81. The van der Waals surface area contributed by atoms with Crippen LogP contribution in [-0.4, -0.2) is 17.6 Å². The third-order valence-electron chi connectivity index (χ3n) is 1.13. The number of hydrogen-bond acceptors (Lipinski definition) is 2. The van der Waals surface area contributed by atoms with Gasteiger partial charge in [0.25, 0.3) is 0 Å². The van der Waals surface area contributed by atoms with Gasteiger partial charge >= 0.3 is 6.03 Å². The summed E-state index contributed by atoms with van der Waals surface area (Å²) in [6, 6.07) is -0.431. The number of urea groups is 1. The van der Waals surface area contributed by atoms with Crippen LogP contribution in [0.3, 0.4) is 0 Å². The van der Waals surface area contributed by atoms with E-state index >= 15 is 0 Å². The van der Waals surface area contributed by atoms with Gasteiger partial charge in [-0.2, -0.15) is 0 Å². The van der Waals surface area contributed by atoms with Gasteiger partial charge in [-0.15, -0.1) is 0 Å². The van der Waals surface area contributed by atoms with Crippen LogP contribution in [0, 0.1) is 0 Å². The molecule has 0 bridgehead atoms. The van der Waals surface area contributed by atoms with E-state index in [0.29, 0.717) is 6.54 Å². The first-order valence-electron chi connectivity index (χ1n) is 2.79. The van der Waals surface area contributed by atoms with Crippen molar-refractivity contribution in [3.05, 3.63) is 12.3 Å². The largest absolute Gasteiger partial charge is 0.350 e. The third-order valence-corrected chi connectivity index (χ3v) is 1.13. The molecule has 0 fully saturated rings. The van der Waals surface area contributed by atoms with Crippen LogP contribution in [0.5, 0.6) is 0 Å². The number of carbonyl (C=O) groups is 1. The molecule has 0 unspecified atom stereocenters. The van der Waals surface area contributed by atoms with E-state index in [4.69, 9.17) is 5.73 Å². The monoisotopic (exact) mass is 127 g/mol. The molecule has 3 N–H and O–H groups in total. The molecule has 0 aromatic carbocycles. The fourth-order valence-corrected chi connectivity index (χ4v) is 0.668. The molecular weight excluding hydrogens is 118 g/mol. The zero-order valence-corrected chi connectivity index (χ0v) is 5.00. The highest BCUT2D eigenvalue weighted by molar-refractivity contribution is 5.71. The van der Waals surface area contributed by atoms with Crippen LogP contribution in [-0.2, 0) is 0 Å². The van der Waals surface area contributed by atoms with Gasteiger partial charge in [0.05, 0.1) is 0 Å². The van der Waals surface area contributed by atoms with Gasteiger partial charge < -0.3 is 11.2 Å². The summed E-state index contributed by atoms with van der Waals surface area (Å²) >= 11 is 0. The number of nitrogens with two attached hydrogens (primary N) is 1. The molecule has 4 nitrogen and oxygen atoms in total. The summed E-state index contributed by atoms with van der Waals surface area (Å²) in [6.45, 7) is 0.659. The molecule has 1 aliphatic heterocycles. The molecule has 0 saturated heterocycles. The van der Waals surface area contributed by atoms with Crippen molar-refractivity contribution in [3.63, 3.8) is 0 Å². The Hall–Kier alpha value is -1.19. The third kappa shape index (κ3) is 1.35. The van der Waals surface area contributed by atoms with E-state index in [2.05, 4.69) is 5.43 Å². The molecule has 9 heavy (non-hydrogen) atoms. The number of hydrazine groups is 1. The molecular formula is C5H9N3O. The fourth-order valence-electron chi connectivity index (χ4n) is 0.668. The van der Waals surface area contributed by atoms with Crippen molar-refractivity contribution < 1.29 is 4.79 Å². The first-order chi connectivity index (χ1) is 4.30. The summed E-state index contributed by atoms with van der Waals surface area (Å²) in [6.07, 6.45) is 4.52. The predicted molar refractivity (Wildman–Crippen MR) is 33.2 cm³/mol. The molecule has 0 spiro atoms. The number of rotatable bonds is 0. The molecule has 0 atom stereocenters. The molecule has 0 aliphatic carbocycles. The minimum Gasteiger partial charge on any atom is -0.350 e. The average Bonchev–Trinajstić information content (AvgIpc) is 1.90. The highest BCUT2D eigenvalue weighted by atomic mass is 16.2. The van der Waals surface area contributed by atoms with E-state index in [1.165, 1.54) is 5.01 Å². The number of amides is 2. The number of nitrogens with zero attached hydrogens (tertiary/aromatic N) is 1. The lowest BCUT2D eigenvalue weighted by atomic mass is 10.4. The molecule has 0 radical (unpaired) electrons. The van der Waals surface area contributed by atoms with E-state index in [0.717, 1.165) is 6.42 Å². The normalized spacial score (nSPS) is 17.1. The Morgan fingerprint density at radius 3 is 2.89 bits per heavy atom. The van der Waals surface area contributed by atoms with E-state index in [-0.39, 0.29) is 0 Å². The summed E-state index contributed by atoms with van der Waals surface area (Å²) in [5.41, 5.74) is 7.65. The Bertz CT molecular complexity index is 143. The van der Waals surface area contributed by atoms with Crippen LogP contribution >= 0.6 is 0 Å². The van der Waals surface area contributed by atoms with Crippen molar-refractivity contribution in [3.8, 4) is 0 Å². The molecule has 0 saturated carbocycles. The topological polar surface area (TPSA) is 58.4 Å². The predicted octanol–water partition coefficient (Wildman–Crippen LogP) is -0.211. The standard InChI is InChI=1S/C5H9N3O/c6-5(9)8-4-2-1-3-7-8/h1,3,7H,2,4H2,(H2,6,9). The highest BCUT2D eigenvalue weighted by Gasteiger charge is 2.07. The first kappa shape index (κ1) is 5.94. The molecule has 2 amide bonds. The smallest absolute Gasteiger partial charge is 0.333 e. The Morgan fingerprint density at radius 2 is 2.56 bits per heavy atom. The summed E-state index contributed by atoms with van der Waals surface area (Å²) in [5.74, 6) is 0. The van der Waals surface area contributed by atoms with E-state index < -0.39 is 6.03 Å². The van der Waals surface area contributed by atoms with Gasteiger partial charge in [0, 0.05) is 12.7 Å². The van der Waals surface area contributed by atoms with Crippen molar-refractivity contribution >= 4 is 6.03 Å². The summed E-state index contributed by atoms with van der Waals surface area (Å²) in [4.78, 5) is 10.4. The molecule has 0 aromatic rings. The Labute approximate surface area is 53.3 Å². The van der Waals surface area contributed by atoms with Crippen LogP contribution in [0.25, 0.3) is 0 Å². The lowest BCUT2D eigenvalue weighted by Crippen LogP contribution is -2.45. The molecule has 1 aliphatic rings. The fraction of sp³-hybridized carbons (Fsp3) is 0.400. The zero-order chi connectivity index (χ0) is 6.69. The quantitative estimate of drug-likeness (QED) is 0.473. The van der Waals surface area contributed by atoms with Crippen LogP contribution in [0.4, 0.5) is 4.79 Å². The van der Waals surface area contributed by atoms with Gasteiger partial charge in [-0.1, -0.05) is 6.08 Å². The lowest BCUT2D eigenvalue weighted by Gasteiger charge is -2.21. The first-order valence-corrected chi connectivity index (χ1v) is 2.79. The van der Waals surface area contributed by atoms with Crippen molar-refractivity contribution in [2.24, 2.45) is 5.73 Å². The Balaban J connectivity index is 2.44. The van der Waals surface area contributed by atoms with Crippen molar-refractivity contribution in [1.29, 1.82) is 0 Å². The van der Waals surface area contributed by atoms with Gasteiger partial charge in [0.2, 0.25) is 0 Å². The minimum absolute atomic E-state index is 0.431. The Morgan fingerprint density at radius 1 is 1.78 bits per heavy atom. The van der Waals surface area contributed by atoms with E-state index in [9.17, 15) is 4.79 Å². The van der Waals surface area contributed by atoms with Gasteiger partial charge in [0.15, 0.2) is 0 Å². The maximum absolute atomic E-state index is 10.4. The number of primary amides is 1. The van der Waals surface area contributed by atoms with Gasteiger partial charge in [-0.3, -0.25) is 0 Å². The SMILES string of the molecule is NC(=O)N1CCC=CN1. The van der Waals surface area contributed by atoms with Gasteiger partial charge in [0.1, 0.15) is 0 Å². The maximum Gasteiger partial charge on any atom is 0.333 e. The maximum atomic E-state index is 10.4. The van der Waals surface area contributed by atoms with E-state index in [1.54, 1.807) is 6.20 Å². The summed E-state index contributed by atoms with van der Waals surface area (Å²) in [5, 5.41) is 1.36. The molecule has 50 valence electrons. The second kappa shape index (κ2) is 2.39. The van der Waals surface area contributed by atoms with Crippen molar-refractivity contribution in [2.75, 3.05) is 6.54 Å². The van der Waals surface area contributed by atoms with Gasteiger partial charge in [-0.25, -0.2) is 9.80 Å². The minimum atomic E-state index is -0.431. The van der Waals surface area contributed by atoms with Crippen molar-refractivity contribution in [2.45, 2.75) is 6.42 Å². The van der Waals surface area contributed by atoms with Crippen LogP contribution in [0.1, 0.15) is 6.42 Å². The van der Waals surface area contributed by atoms with Crippen molar-refractivity contribution in [1.82, 2.24) is 10.4 Å².